The van der Waals surface area contributed by atoms with Gasteiger partial charge in [0.05, 0.1) is 0 Å². The molecule has 1 aromatic rings. The maximum Gasteiger partial charge on any atom is 0.0480 e. The van der Waals surface area contributed by atoms with Gasteiger partial charge in [-0.25, -0.2) is 0 Å². The molecule has 3 nitrogen and oxygen atoms in total. The van der Waals surface area contributed by atoms with Crippen LogP contribution in [-0.4, -0.2) is 43.8 Å². The molecule has 0 bridgehead atoms. The highest BCUT2D eigenvalue weighted by Crippen LogP contribution is 2.24. The molecular weight excluding hydrogens is 272 g/mol. The largest absolute Gasteiger partial charge is 0.381 e. The summed E-state index contributed by atoms with van der Waals surface area (Å²) in [4.78, 5) is 2.70. The van der Waals surface area contributed by atoms with Crippen LogP contribution in [0.25, 0.3) is 0 Å². The predicted octanol–water partition coefficient (Wildman–Crippen LogP) is 3.37. The Morgan fingerprint density at radius 1 is 1.00 bits per heavy atom. The molecule has 0 aromatic heterocycles. The van der Waals surface area contributed by atoms with E-state index in [0.29, 0.717) is 12.1 Å². The fourth-order valence-corrected chi connectivity index (χ4v) is 3.72. The van der Waals surface area contributed by atoms with E-state index in [1.54, 1.807) is 0 Å². The van der Waals surface area contributed by atoms with Crippen molar-refractivity contribution in [1.29, 1.82) is 0 Å². The second kappa shape index (κ2) is 8.66. The first kappa shape index (κ1) is 16.0. The van der Waals surface area contributed by atoms with Crippen LogP contribution in [0.2, 0.25) is 0 Å². The van der Waals surface area contributed by atoms with Crippen molar-refractivity contribution in [1.82, 2.24) is 10.2 Å². The molecule has 2 aliphatic rings. The molecule has 0 spiro atoms. The summed E-state index contributed by atoms with van der Waals surface area (Å²) in [5.74, 6) is 0. The van der Waals surface area contributed by atoms with Crippen molar-refractivity contribution in [2.75, 3.05) is 32.8 Å². The number of ether oxygens (including phenoxy) is 1. The van der Waals surface area contributed by atoms with Gasteiger partial charge in [0.25, 0.3) is 0 Å². The first-order chi connectivity index (χ1) is 10.9. The Hall–Kier alpha value is -0.900. The second-order valence-electron chi connectivity index (χ2n) is 6.67. The van der Waals surface area contributed by atoms with E-state index >= 15 is 0 Å². The predicted molar refractivity (Wildman–Crippen MR) is 91.1 cm³/mol. The second-order valence-corrected chi connectivity index (χ2v) is 6.67. The molecule has 3 rings (SSSR count). The molecule has 1 N–H and O–H groups in total. The quantitative estimate of drug-likeness (QED) is 0.902. The lowest BCUT2D eigenvalue weighted by atomic mass is 10.0. The number of rotatable bonds is 5. The van der Waals surface area contributed by atoms with Crippen LogP contribution in [0.3, 0.4) is 0 Å². The fourth-order valence-electron chi connectivity index (χ4n) is 3.72. The lowest BCUT2D eigenvalue weighted by molar-refractivity contribution is 0.0748. The summed E-state index contributed by atoms with van der Waals surface area (Å²) in [6.45, 7) is 5.38. The van der Waals surface area contributed by atoms with E-state index in [2.05, 4.69) is 40.5 Å². The van der Waals surface area contributed by atoms with Gasteiger partial charge in [-0.15, -0.1) is 0 Å². The molecule has 122 valence electrons. The summed E-state index contributed by atoms with van der Waals surface area (Å²) in [5, 5.41) is 3.82. The van der Waals surface area contributed by atoms with Gasteiger partial charge in [0, 0.05) is 31.8 Å². The van der Waals surface area contributed by atoms with E-state index in [1.807, 2.05) is 0 Å². The minimum atomic E-state index is 0.516. The Labute approximate surface area is 135 Å². The number of nitrogens with zero attached hydrogens (tertiary/aromatic N) is 1. The van der Waals surface area contributed by atoms with Gasteiger partial charge in [0.15, 0.2) is 0 Å². The molecule has 0 aliphatic carbocycles. The minimum absolute atomic E-state index is 0.516. The zero-order chi connectivity index (χ0) is 15.0. The van der Waals surface area contributed by atoms with E-state index in [9.17, 15) is 0 Å². The normalized spacial score (nSPS) is 23.1. The monoisotopic (exact) mass is 302 g/mol. The van der Waals surface area contributed by atoms with Gasteiger partial charge in [-0.2, -0.15) is 0 Å². The molecule has 2 heterocycles. The summed E-state index contributed by atoms with van der Waals surface area (Å²) >= 11 is 0. The minimum Gasteiger partial charge on any atom is -0.381 e. The summed E-state index contributed by atoms with van der Waals surface area (Å²) in [6.07, 6.45) is 7.79. The van der Waals surface area contributed by atoms with Crippen LogP contribution < -0.4 is 5.32 Å². The van der Waals surface area contributed by atoms with Crippen molar-refractivity contribution >= 4 is 0 Å². The van der Waals surface area contributed by atoms with Crippen LogP contribution in [0.1, 0.15) is 50.1 Å². The smallest absolute Gasteiger partial charge is 0.0480 e. The molecule has 2 fully saturated rings. The summed E-state index contributed by atoms with van der Waals surface area (Å²) in [7, 11) is 0. The summed E-state index contributed by atoms with van der Waals surface area (Å²) < 4.78 is 5.47. The molecule has 0 amide bonds. The lowest BCUT2D eigenvalue weighted by Gasteiger charge is -2.33. The lowest BCUT2D eigenvalue weighted by Crippen LogP contribution is -2.42. The van der Waals surface area contributed by atoms with Crippen molar-refractivity contribution in [3.05, 3.63) is 35.9 Å². The van der Waals surface area contributed by atoms with Gasteiger partial charge in [-0.1, -0.05) is 43.2 Å². The maximum absolute atomic E-state index is 5.47. The number of benzene rings is 1. The van der Waals surface area contributed by atoms with Crippen molar-refractivity contribution < 1.29 is 4.74 Å². The van der Waals surface area contributed by atoms with E-state index < -0.39 is 0 Å². The zero-order valence-electron chi connectivity index (χ0n) is 13.7. The maximum atomic E-state index is 5.47. The first-order valence-corrected chi connectivity index (χ1v) is 9.03. The molecular formula is C19H30N2O. The van der Waals surface area contributed by atoms with E-state index in [1.165, 1.54) is 44.3 Å². The molecule has 0 saturated carbocycles. The molecule has 3 heteroatoms. The Balaban J connectivity index is 1.65. The SMILES string of the molecule is c1ccc([C@@H](CNC2CCOCC2)N2CCCCCC2)cc1. The standard InChI is InChI=1S/C19H30N2O/c1-2-7-13-21(12-6-1)19(17-8-4-3-5-9-17)16-20-18-10-14-22-15-11-18/h3-5,8-9,18-20H,1-2,6-7,10-16H2/t19-/m1/s1. The van der Waals surface area contributed by atoms with Gasteiger partial charge in [-0.05, 0) is 44.3 Å². The molecule has 1 atom stereocenters. The first-order valence-electron chi connectivity index (χ1n) is 9.03. The number of nitrogens with one attached hydrogen (secondary N) is 1. The van der Waals surface area contributed by atoms with Gasteiger partial charge < -0.3 is 10.1 Å². The van der Waals surface area contributed by atoms with E-state index in [-0.39, 0.29) is 0 Å². The van der Waals surface area contributed by atoms with Crippen LogP contribution in [0.15, 0.2) is 30.3 Å². The number of hydrogen-bond acceptors (Lipinski definition) is 3. The molecule has 0 radical (unpaired) electrons. The highest BCUT2D eigenvalue weighted by molar-refractivity contribution is 5.19. The van der Waals surface area contributed by atoms with Crippen LogP contribution >= 0.6 is 0 Å². The fraction of sp³-hybridized carbons (Fsp3) is 0.684. The third-order valence-corrected chi connectivity index (χ3v) is 5.09. The van der Waals surface area contributed by atoms with Crippen LogP contribution in [0.5, 0.6) is 0 Å². The van der Waals surface area contributed by atoms with Gasteiger partial charge >= 0.3 is 0 Å². The van der Waals surface area contributed by atoms with Crippen molar-refractivity contribution in [3.63, 3.8) is 0 Å². The van der Waals surface area contributed by atoms with Crippen LogP contribution in [-0.2, 0) is 4.74 Å². The third-order valence-electron chi connectivity index (χ3n) is 5.09. The average molecular weight is 302 g/mol. The summed E-state index contributed by atoms with van der Waals surface area (Å²) in [6, 6.07) is 12.2. The molecule has 1 aromatic carbocycles. The van der Waals surface area contributed by atoms with Crippen molar-refractivity contribution in [3.8, 4) is 0 Å². The average Bonchev–Trinajstić information content (AvgIpc) is 2.86. The Morgan fingerprint density at radius 3 is 2.36 bits per heavy atom. The van der Waals surface area contributed by atoms with Gasteiger partial charge in [0.1, 0.15) is 0 Å². The van der Waals surface area contributed by atoms with Crippen LogP contribution in [0.4, 0.5) is 0 Å². The topological polar surface area (TPSA) is 24.5 Å². The Kier molecular flexibility index (Phi) is 6.29. The molecule has 0 unspecified atom stereocenters. The number of likely N-dealkylation sites (tertiary alicyclic amines) is 1. The number of hydrogen-bond donors (Lipinski definition) is 1. The third kappa shape index (κ3) is 4.55. The highest BCUT2D eigenvalue weighted by atomic mass is 16.5. The Morgan fingerprint density at radius 2 is 1.68 bits per heavy atom. The molecule has 2 saturated heterocycles. The molecule has 2 aliphatic heterocycles. The molecule has 22 heavy (non-hydrogen) atoms. The van der Waals surface area contributed by atoms with E-state index in [0.717, 1.165) is 32.6 Å². The highest BCUT2D eigenvalue weighted by Gasteiger charge is 2.23. The van der Waals surface area contributed by atoms with Crippen molar-refractivity contribution in [2.24, 2.45) is 0 Å². The van der Waals surface area contributed by atoms with Gasteiger partial charge in [-0.3, -0.25) is 4.90 Å². The zero-order valence-corrected chi connectivity index (χ0v) is 13.7. The van der Waals surface area contributed by atoms with E-state index in [4.69, 9.17) is 4.74 Å². The van der Waals surface area contributed by atoms with Gasteiger partial charge in [0.2, 0.25) is 0 Å². The summed E-state index contributed by atoms with van der Waals surface area (Å²) in [5.41, 5.74) is 1.46. The Bertz CT molecular complexity index is 409. The van der Waals surface area contributed by atoms with Crippen molar-refractivity contribution in [2.45, 2.75) is 50.6 Å². The van der Waals surface area contributed by atoms with Crippen LogP contribution in [0, 0.1) is 0 Å².